The molecule has 0 atom stereocenters. The van der Waals surface area contributed by atoms with Crippen molar-refractivity contribution in [2.75, 3.05) is 0 Å². The number of thioether (sulfide) groups is 1. The van der Waals surface area contributed by atoms with Gasteiger partial charge >= 0.3 is 0 Å². The van der Waals surface area contributed by atoms with Crippen molar-refractivity contribution in [3.05, 3.63) is 57.9 Å². The number of hydrazone groups is 1. The van der Waals surface area contributed by atoms with Crippen molar-refractivity contribution in [3.63, 3.8) is 0 Å². The van der Waals surface area contributed by atoms with Crippen molar-refractivity contribution >= 4 is 51.4 Å². The smallest absolute Gasteiger partial charge is 0.283 e. The predicted molar refractivity (Wildman–Crippen MR) is 111 cm³/mol. The summed E-state index contributed by atoms with van der Waals surface area (Å²) in [5.41, 5.74) is 4.07. The highest BCUT2D eigenvalue weighted by atomic mass is 35.5. The molecule has 0 spiro atoms. The Balaban J connectivity index is 1.77. The Morgan fingerprint density at radius 3 is 2.59 bits per heavy atom. The fraction of sp³-hybridized carbons (Fsp3) is 0.158. The molecule has 2 aliphatic rings. The van der Waals surface area contributed by atoms with Crippen LogP contribution in [0.4, 0.5) is 0 Å². The minimum atomic E-state index is -0.417. The van der Waals surface area contributed by atoms with Crippen molar-refractivity contribution in [1.82, 2.24) is 9.58 Å². The van der Waals surface area contributed by atoms with Crippen LogP contribution in [0.3, 0.4) is 0 Å². The van der Waals surface area contributed by atoms with Crippen LogP contribution in [0, 0.1) is 19.3 Å². The second kappa shape index (κ2) is 6.51. The van der Waals surface area contributed by atoms with E-state index in [1.54, 1.807) is 6.08 Å². The molecule has 8 heteroatoms. The van der Waals surface area contributed by atoms with E-state index in [0.717, 1.165) is 27.7 Å². The highest BCUT2D eigenvalue weighted by Gasteiger charge is 2.34. The lowest BCUT2D eigenvalue weighted by Crippen LogP contribution is -2.35. The van der Waals surface area contributed by atoms with Crippen molar-refractivity contribution < 1.29 is 4.79 Å². The number of nitrogens with one attached hydrogen (secondary N) is 1. The molecule has 4 rings (SSSR count). The number of aromatic nitrogens is 1. The lowest BCUT2D eigenvalue weighted by molar-refractivity contribution is -0.114. The van der Waals surface area contributed by atoms with Crippen LogP contribution < -0.4 is 0 Å². The largest absolute Gasteiger partial charge is 0.318 e. The first kappa shape index (κ1) is 17.8. The van der Waals surface area contributed by atoms with Crippen molar-refractivity contribution in [1.29, 1.82) is 5.41 Å². The maximum Gasteiger partial charge on any atom is 0.283 e. The standard InChI is InChI=1S/C19H16ClN5OS/c1-10-8-13(11(2)24(10)15-6-4-14(20)5-7-15)9-16-17(21)25-19(22-18(16)26)27-12(3)23-25/h4-9,21H,1-3H3/b16-9-,21-17?. The van der Waals surface area contributed by atoms with Crippen molar-refractivity contribution in [3.8, 4) is 5.69 Å². The number of carbonyl (C=O) groups is 1. The molecule has 2 aliphatic heterocycles. The Labute approximate surface area is 165 Å². The number of amides is 1. The molecule has 0 radical (unpaired) electrons. The van der Waals surface area contributed by atoms with Crippen LogP contribution in [0.25, 0.3) is 11.8 Å². The van der Waals surface area contributed by atoms with Crippen molar-refractivity contribution in [2.45, 2.75) is 20.8 Å². The molecule has 136 valence electrons. The monoisotopic (exact) mass is 397 g/mol. The summed E-state index contributed by atoms with van der Waals surface area (Å²) in [6.45, 7) is 5.80. The van der Waals surface area contributed by atoms with Crippen molar-refractivity contribution in [2.24, 2.45) is 10.1 Å². The molecule has 2 aromatic rings. The summed E-state index contributed by atoms with van der Waals surface area (Å²) in [5, 5.41) is 15.9. The first-order valence-corrected chi connectivity index (χ1v) is 9.46. The van der Waals surface area contributed by atoms with Gasteiger partial charge < -0.3 is 4.57 Å². The highest BCUT2D eigenvalue weighted by Crippen LogP contribution is 2.29. The average Bonchev–Trinajstić information content (AvgIpc) is 3.12. The quantitative estimate of drug-likeness (QED) is 0.764. The Hall–Kier alpha value is -2.64. The molecular weight excluding hydrogens is 382 g/mol. The third-order valence-electron chi connectivity index (χ3n) is 4.41. The van der Waals surface area contributed by atoms with Gasteiger partial charge in [0.1, 0.15) is 0 Å². The summed E-state index contributed by atoms with van der Waals surface area (Å²) in [6.07, 6.45) is 1.72. The van der Waals surface area contributed by atoms with Crippen LogP contribution in [0.15, 0.2) is 46.0 Å². The second-order valence-electron chi connectivity index (χ2n) is 6.28. The van der Waals surface area contributed by atoms with Gasteiger partial charge in [0.05, 0.1) is 10.6 Å². The van der Waals surface area contributed by atoms with Crippen LogP contribution in [0.5, 0.6) is 0 Å². The summed E-state index contributed by atoms with van der Waals surface area (Å²) in [7, 11) is 0. The minimum Gasteiger partial charge on any atom is -0.318 e. The molecule has 1 aromatic heterocycles. The van der Waals surface area contributed by atoms with Crippen LogP contribution in [-0.4, -0.2) is 31.5 Å². The molecule has 0 bridgehead atoms. The molecule has 0 unspecified atom stereocenters. The van der Waals surface area contributed by atoms with E-state index in [-0.39, 0.29) is 11.4 Å². The molecule has 0 aliphatic carbocycles. The van der Waals surface area contributed by atoms with E-state index in [9.17, 15) is 4.79 Å². The molecule has 3 heterocycles. The number of aliphatic imine (C=N–C) groups is 1. The Bertz CT molecular complexity index is 1080. The van der Waals surface area contributed by atoms with Gasteiger partial charge in [-0.25, -0.2) is 0 Å². The summed E-state index contributed by atoms with van der Waals surface area (Å²) in [6, 6.07) is 9.57. The van der Waals surface area contributed by atoms with Gasteiger partial charge in [-0.15, -0.1) is 0 Å². The topological polar surface area (TPSA) is 73.8 Å². The van der Waals surface area contributed by atoms with Crippen LogP contribution >= 0.6 is 23.4 Å². The van der Waals surface area contributed by atoms with E-state index < -0.39 is 5.91 Å². The summed E-state index contributed by atoms with van der Waals surface area (Å²) >= 11 is 7.29. The predicted octanol–water partition coefficient (Wildman–Crippen LogP) is 4.39. The van der Waals surface area contributed by atoms with Gasteiger partial charge in [0, 0.05) is 22.1 Å². The molecule has 1 amide bonds. The number of benzene rings is 1. The number of fused-ring (bicyclic) bond motifs is 1. The zero-order chi connectivity index (χ0) is 19.3. The number of aryl methyl sites for hydroxylation is 1. The molecule has 1 N–H and O–H groups in total. The molecule has 0 fully saturated rings. The Morgan fingerprint density at radius 1 is 1.19 bits per heavy atom. The SMILES string of the molecule is CC1=NN2C(=N)/C(=C/c3cc(C)n(-c4ccc(Cl)cc4)c3C)C(=O)N=C2S1. The summed E-state index contributed by atoms with van der Waals surface area (Å²) < 4.78 is 2.09. The number of hydrogen-bond donors (Lipinski definition) is 1. The first-order chi connectivity index (χ1) is 12.8. The molecular formula is C19H16ClN5OS. The number of carbonyl (C=O) groups excluding carboxylic acids is 1. The molecule has 0 saturated carbocycles. The molecule has 6 nitrogen and oxygen atoms in total. The number of rotatable bonds is 2. The number of hydrogen-bond acceptors (Lipinski definition) is 4. The fourth-order valence-corrected chi connectivity index (χ4v) is 4.02. The summed E-state index contributed by atoms with van der Waals surface area (Å²) in [4.78, 5) is 16.5. The van der Waals surface area contributed by atoms with Gasteiger partial charge in [0.15, 0.2) is 5.84 Å². The zero-order valence-electron chi connectivity index (χ0n) is 14.9. The van der Waals surface area contributed by atoms with E-state index >= 15 is 0 Å². The van der Waals surface area contributed by atoms with Crippen LogP contribution in [0.2, 0.25) is 5.02 Å². The van der Waals surface area contributed by atoms with Gasteiger partial charge in [-0.3, -0.25) is 10.2 Å². The van der Waals surface area contributed by atoms with E-state index in [1.807, 2.05) is 51.1 Å². The van der Waals surface area contributed by atoms with E-state index in [4.69, 9.17) is 17.0 Å². The Morgan fingerprint density at radius 2 is 1.89 bits per heavy atom. The van der Waals surface area contributed by atoms with Crippen LogP contribution in [-0.2, 0) is 4.79 Å². The minimum absolute atomic E-state index is 0.0469. The lowest BCUT2D eigenvalue weighted by atomic mass is 10.1. The number of amidine groups is 2. The average molecular weight is 398 g/mol. The van der Waals surface area contributed by atoms with E-state index in [0.29, 0.717) is 10.2 Å². The second-order valence-corrected chi connectivity index (χ2v) is 7.87. The molecule has 27 heavy (non-hydrogen) atoms. The maximum atomic E-state index is 12.5. The molecule has 1 aromatic carbocycles. The van der Waals surface area contributed by atoms with Gasteiger partial charge in [-0.05, 0) is 74.5 Å². The number of halogens is 1. The number of nitrogens with zero attached hydrogens (tertiary/aromatic N) is 4. The van der Waals surface area contributed by atoms with Gasteiger partial charge in [-0.2, -0.15) is 15.1 Å². The van der Waals surface area contributed by atoms with E-state index in [1.165, 1.54) is 16.8 Å². The zero-order valence-corrected chi connectivity index (χ0v) is 16.5. The lowest BCUT2D eigenvalue weighted by Gasteiger charge is -2.20. The summed E-state index contributed by atoms with van der Waals surface area (Å²) in [5.74, 6) is -0.370. The highest BCUT2D eigenvalue weighted by molar-refractivity contribution is 8.26. The third kappa shape index (κ3) is 3.02. The molecule has 0 saturated heterocycles. The fourth-order valence-electron chi connectivity index (χ4n) is 3.16. The van der Waals surface area contributed by atoms with Gasteiger partial charge in [0.25, 0.3) is 5.91 Å². The van der Waals surface area contributed by atoms with E-state index in [2.05, 4.69) is 14.7 Å². The van der Waals surface area contributed by atoms with Gasteiger partial charge in [0.2, 0.25) is 5.17 Å². The van der Waals surface area contributed by atoms with Crippen LogP contribution in [0.1, 0.15) is 23.9 Å². The maximum absolute atomic E-state index is 12.5. The third-order valence-corrected chi connectivity index (χ3v) is 5.49. The normalized spacial score (nSPS) is 18.1. The van der Waals surface area contributed by atoms with Gasteiger partial charge in [-0.1, -0.05) is 11.6 Å². The Kier molecular flexibility index (Phi) is 4.28. The first-order valence-electron chi connectivity index (χ1n) is 8.27.